The normalized spacial score (nSPS) is 12.1. The predicted molar refractivity (Wildman–Crippen MR) is 87.2 cm³/mol. The molecule has 0 amide bonds. The van der Waals surface area contributed by atoms with Gasteiger partial charge in [0, 0.05) is 6.54 Å². The molecule has 0 fully saturated rings. The molecule has 1 aromatic rings. The molecule has 1 N–H and O–H groups in total. The summed E-state index contributed by atoms with van der Waals surface area (Å²) in [5, 5.41) is 3.19. The first-order chi connectivity index (χ1) is 10.2. The van der Waals surface area contributed by atoms with Crippen molar-refractivity contribution in [1.82, 2.24) is 5.32 Å². The summed E-state index contributed by atoms with van der Waals surface area (Å²) in [6.07, 6.45) is 6.35. The number of hydrogen-bond donors (Lipinski definition) is 1. The molecule has 0 spiro atoms. The lowest BCUT2D eigenvalue weighted by Crippen LogP contribution is -2.34. The lowest BCUT2D eigenvalue weighted by molar-refractivity contribution is -0.145. The lowest BCUT2D eigenvalue weighted by Gasteiger charge is -2.12. The molecular formula is C18H29NO2. The minimum atomic E-state index is -0.265. The van der Waals surface area contributed by atoms with Gasteiger partial charge < -0.3 is 10.1 Å². The zero-order valence-corrected chi connectivity index (χ0v) is 13.7. The highest BCUT2D eigenvalue weighted by atomic mass is 16.5. The molecule has 0 radical (unpaired) electrons. The molecule has 1 unspecified atom stereocenters. The average molecular weight is 291 g/mol. The van der Waals surface area contributed by atoms with Gasteiger partial charge in [0.2, 0.25) is 0 Å². The van der Waals surface area contributed by atoms with E-state index >= 15 is 0 Å². The number of benzene rings is 1. The van der Waals surface area contributed by atoms with Crippen molar-refractivity contribution in [2.45, 2.75) is 65.5 Å². The van der Waals surface area contributed by atoms with Crippen LogP contribution in [-0.2, 0) is 22.5 Å². The molecule has 21 heavy (non-hydrogen) atoms. The molecule has 0 heterocycles. The Morgan fingerprint density at radius 3 is 2.38 bits per heavy atom. The van der Waals surface area contributed by atoms with Crippen molar-refractivity contribution in [2.75, 3.05) is 6.61 Å². The van der Waals surface area contributed by atoms with Crippen molar-refractivity contribution >= 4 is 5.97 Å². The Hall–Kier alpha value is -1.35. The van der Waals surface area contributed by atoms with Crippen LogP contribution in [0.4, 0.5) is 0 Å². The largest absolute Gasteiger partial charge is 0.465 e. The molecule has 3 nitrogen and oxygen atoms in total. The summed E-state index contributed by atoms with van der Waals surface area (Å²) in [5.41, 5.74) is 2.59. The van der Waals surface area contributed by atoms with Crippen LogP contribution in [0.15, 0.2) is 24.3 Å². The molecule has 1 aromatic carbocycles. The van der Waals surface area contributed by atoms with E-state index in [0.29, 0.717) is 13.2 Å². The molecule has 1 rings (SSSR count). The van der Waals surface area contributed by atoms with Gasteiger partial charge in [0.25, 0.3) is 0 Å². The minimum Gasteiger partial charge on any atom is -0.465 e. The second-order valence-electron chi connectivity index (χ2n) is 5.48. The highest BCUT2D eigenvalue weighted by Crippen LogP contribution is 2.10. The lowest BCUT2D eigenvalue weighted by atomic mass is 10.0. The van der Waals surface area contributed by atoms with Crippen molar-refractivity contribution in [3.63, 3.8) is 0 Å². The fourth-order valence-corrected chi connectivity index (χ4v) is 2.20. The first-order valence-corrected chi connectivity index (χ1v) is 8.15. The van der Waals surface area contributed by atoms with E-state index in [1.165, 1.54) is 36.8 Å². The van der Waals surface area contributed by atoms with Crippen molar-refractivity contribution in [2.24, 2.45) is 0 Å². The molecule has 0 aliphatic carbocycles. The van der Waals surface area contributed by atoms with E-state index < -0.39 is 0 Å². The summed E-state index contributed by atoms with van der Waals surface area (Å²) in [6.45, 7) is 7.01. The average Bonchev–Trinajstić information content (AvgIpc) is 2.50. The third-order valence-corrected chi connectivity index (χ3v) is 3.59. The first-order valence-electron chi connectivity index (χ1n) is 8.15. The number of hydrogen-bond acceptors (Lipinski definition) is 3. The van der Waals surface area contributed by atoms with E-state index in [1.54, 1.807) is 0 Å². The number of carbonyl (C=O) groups excluding carboxylic acids is 1. The van der Waals surface area contributed by atoms with Crippen LogP contribution in [0.2, 0.25) is 0 Å². The third kappa shape index (κ3) is 7.28. The van der Waals surface area contributed by atoms with Gasteiger partial charge in [0.1, 0.15) is 6.04 Å². The molecule has 0 saturated heterocycles. The van der Waals surface area contributed by atoms with E-state index in [2.05, 4.69) is 36.5 Å². The highest BCUT2D eigenvalue weighted by molar-refractivity contribution is 5.75. The second-order valence-corrected chi connectivity index (χ2v) is 5.48. The summed E-state index contributed by atoms with van der Waals surface area (Å²) in [6, 6.07) is 8.40. The molecule has 0 aliphatic heterocycles. The maximum Gasteiger partial charge on any atom is 0.322 e. The van der Waals surface area contributed by atoms with E-state index in [9.17, 15) is 4.79 Å². The van der Waals surface area contributed by atoms with Crippen LogP contribution < -0.4 is 5.32 Å². The quantitative estimate of drug-likeness (QED) is 0.525. The Bertz CT molecular complexity index is 400. The third-order valence-electron chi connectivity index (χ3n) is 3.59. The van der Waals surface area contributed by atoms with Gasteiger partial charge in [-0.2, -0.15) is 0 Å². The Kier molecular flexibility index (Phi) is 8.76. The minimum absolute atomic E-state index is 0.190. The Morgan fingerprint density at radius 1 is 1.10 bits per heavy atom. The zero-order chi connectivity index (χ0) is 15.5. The van der Waals surface area contributed by atoms with Crippen LogP contribution in [0.5, 0.6) is 0 Å². The number of ether oxygens (including phenoxy) is 1. The predicted octanol–water partition coefficient (Wildman–Crippen LogP) is 3.85. The van der Waals surface area contributed by atoms with Gasteiger partial charge >= 0.3 is 5.97 Å². The number of carbonyl (C=O) groups is 1. The molecule has 118 valence electrons. The summed E-state index contributed by atoms with van der Waals surface area (Å²) >= 11 is 0. The molecule has 3 heteroatoms. The van der Waals surface area contributed by atoms with Gasteiger partial charge in [0.15, 0.2) is 0 Å². The van der Waals surface area contributed by atoms with Crippen molar-refractivity contribution < 1.29 is 9.53 Å². The SMILES string of the molecule is CCCCCCc1ccc(CNC(C)C(=O)OCC)cc1. The smallest absolute Gasteiger partial charge is 0.322 e. The van der Waals surface area contributed by atoms with Gasteiger partial charge in [-0.1, -0.05) is 50.5 Å². The van der Waals surface area contributed by atoms with Crippen LogP contribution in [0, 0.1) is 0 Å². The standard InChI is InChI=1S/C18H29NO2/c1-4-6-7-8-9-16-10-12-17(13-11-16)14-19-15(3)18(20)21-5-2/h10-13,15,19H,4-9,14H2,1-3H3. The fraction of sp³-hybridized carbons (Fsp3) is 0.611. The second kappa shape index (κ2) is 10.4. The molecule has 1 atom stereocenters. The van der Waals surface area contributed by atoms with Crippen LogP contribution in [0.25, 0.3) is 0 Å². The first kappa shape index (κ1) is 17.7. The number of unbranched alkanes of at least 4 members (excludes halogenated alkanes) is 3. The number of aryl methyl sites for hydroxylation is 1. The number of esters is 1. The van der Waals surface area contributed by atoms with Crippen LogP contribution >= 0.6 is 0 Å². The maximum absolute atomic E-state index is 11.5. The van der Waals surface area contributed by atoms with Crippen molar-refractivity contribution in [3.8, 4) is 0 Å². The summed E-state index contributed by atoms with van der Waals surface area (Å²) < 4.78 is 4.97. The summed E-state index contributed by atoms with van der Waals surface area (Å²) in [7, 11) is 0. The van der Waals surface area contributed by atoms with Crippen LogP contribution in [0.3, 0.4) is 0 Å². The Morgan fingerprint density at radius 2 is 1.76 bits per heavy atom. The van der Waals surface area contributed by atoms with Crippen molar-refractivity contribution in [1.29, 1.82) is 0 Å². The van der Waals surface area contributed by atoms with Gasteiger partial charge in [-0.05, 0) is 37.8 Å². The molecule has 0 bridgehead atoms. The van der Waals surface area contributed by atoms with E-state index in [4.69, 9.17) is 4.74 Å². The number of rotatable bonds is 10. The highest BCUT2D eigenvalue weighted by Gasteiger charge is 2.12. The Labute approximate surface area is 129 Å². The van der Waals surface area contributed by atoms with Gasteiger partial charge in [-0.3, -0.25) is 4.79 Å². The van der Waals surface area contributed by atoms with Crippen molar-refractivity contribution in [3.05, 3.63) is 35.4 Å². The van der Waals surface area contributed by atoms with Crippen LogP contribution in [-0.4, -0.2) is 18.6 Å². The fourth-order valence-electron chi connectivity index (χ4n) is 2.20. The topological polar surface area (TPSA) is 38.3 Å². The van der Waals surface area contributed by atoms with Crippen LogP contribution in [0.1, 0.15) is 57.6 Å². The Balaban J connectivity index is 2.32. The molecular weight excluding hydrogens is 262 g/mol. The monoisotopic (exact) mass is 291 g/mol. The van der Waals surface area contributed by atoms with E-state index in [-0.39, 0.29) is 12.0 Å². The van der Waals surface area contributed by atoms with E-state index in [0.717, 1.165) is 6.42 Å². The molecule has 0 saturated carbocycles. The van der Waals surface area contributed by atoms with Gasteiger partial charge in [-0.25, -0.2) is 0 Å². The van der Waals surface area contributed by atoms with Gasteiger partial charge in [0.05, 0.1) is 6.61 Å². The summed E-state index contributed by atoms with van der Waals surface area (Å²) in [4.78, 5) is 11.5. The molecule has 0 aromatic heterocycles. The number of nitrogens with one attached hydrogen (secondary N) is 1. The maximum atomic E-state index is 11.5. The summed E-state index contributed by atoms with van der Waals surface area (Å²) in [5.74, 6) is -0.190. The van der Waals surface area contributed by atoms with E-state index in [1.807, 2.05) is 13.8 Å². The molecule has 0 aliphatic rings. The van der Waals surface area contributed by atoms with Gasteiger partial charge in [-0.15, -0.1) is 0 Å². The zero-order valence-electron chi connectivity index (χ0n) is 13.7.